The summed E-state index contributed by atoms with van der Waals surface area (Å²) >= 11 is 5.79. The standard InChI is InChI=1S/C9H15ClN4/c1-5-11-8-13-6(9(2,3)4)12-7(10)14-8/h5H2,1-4H3,(H,11,12,13,14). The van der Waals surface area contributed by atoms with Crippen molar-refractivity contribution in [3.8, 4) is 0 Å². The Bertz CT molecular complexity index is 319. The zero-order chi connectivity index (χ0) is 10.8. The second-order valence-electron chi connectivity index (χ2n) is 4.03. The van der Waals surface area contributed by atoms with Crippen LogP contribution in [0.1, 0.15) is 33.5 Å². The molecule has 0 fully saturated rings. The third-order valence-electron chi connectivity index (χ3n) is 1.61. The zero-order valence-electron chi connectivity index (χ0n) is 8.93. The van der Waals surface area contributed by atoms with Crippen molar-refractivity contribution in [3.05, 3.63) is 11.1 Å². The van der Waals surface area contributed by atoms with Crippen LogP contribution in [0.3, 0.4) is 0 Å². The number of hydrogen-bond acceptors (Lipinski definition) is 4. The number of anilines is 1. The number of rotatable bonds is 2. The van der Waals surface area contributed by atoms with E-state index in [1.54, 1.807) is 0 Å². The molecule has 1 aromatic rings. The molecule has 4 nitrogen and oxygen atoms in total. The van der Waals surface area contributed by atoms with Gasteiger partial charge in [-0.25, -0.2) is 4.98 Å². The van der Waals surface area contributed by atoms with Gasteiger partial charge in [-0.2, -0.15) is 9.97 Å². The third-order valence-corrected chi connectivity index (χ3v) is 1.78. The van der Waals surface area contributed by atoms with Gasteiger partial charge in [-0.3, -0.25) is 0 Å². The Morgan fingerprint density at radius 3 is 2.36 bits per heavy atom. The van der Waals surface area contributed by atoms with Crippen molar-refractivity contribution >= 4 is 17.5 Å². The minimum atomic E-state index is -0.114. The largest absolute Gasteiger partial charge is 0.354 e. The lowest BCUT2D eigenvalue weighted by Crippen LogP contribution is -2.18. The molecular weight excluding hydrogens is 200 g/mol. The molecule has 0 unspecified atom stereocenters. The number of aromatic nitrogens is 3. The minimum absolute atomic E-state index is 0.114. The van der Waals surface area contributed by atoms with Crippen LogP contribution in [0.25, 0.3) is 0 Å². The SMILES string of the molecule is CCNc1nc(Cl)nc(C(C)(C)C)n1. The van der Waals surface area contributed by atoms with E-state index in [1.807, 2.05) is 27.7 Å². The van der Waals surface area contributed by atoms with Crippen LogP contribution in [0.4, 0.5) is 5.95 Å². The van der Waals surface area contributed by atoms with Crippen molar-refractivity contribution in [2.45, 2.75) is 33.1 Å². The smallest absolute Gasteiger partial charge is 0.227 e. The van der Waals surface area contributed by atoms with Crippen molar-refractivity contribution in [2.24, 2.45) is 0 Å². The molecule has 5 heteroatoms. The first-order valence-corrected chi connectivity index (χ1v) is 4.97. The number of nitrogens with zero attached hydrogens (tertiary/aromatic N) is 3. The summed E-state index contributed by atoms with van der Waals surface area (Å²) in [6.07, 6.45) is 0. The van der Waals surface area contributed by atoms with Crippen molar-refractivity contribution in [3.63, 3.8) is 0 Å². The summed E-state index contributed by atoms with van der Waals surface area (Å²) in [7, 11) is 0. The van der Waals surface area contributed by atoms with Gasteiger partial charge in [0.25, 0.3) is 0 Å². The van der Waals surface area contributed by atoms with Crippen LogP contribution in [-0.4, -0.2) is 21.5 Å². The lowest BCUT2D eigenvalue weighted by Gasteiger charge is -2.16. The number of halogens is 1. The first kappa shape index (κ1) is 11.2. The predicted molar refractivity (Wildman–Crippen MR) is 57.7 cm³/mol. The third kappa shape index (κ3) is 2.80. The summed E-state index contributed by atoms with van der Waals surface area (Å²) in [5.74, 6) is 1.24. The van der Waals surface area contributed by atoms with Crippen LogP contribution in [0, 0.1) is 0 Å². The van der Waals surface area contributed by atoms with E-state index in [2.05, 4.69) is 20.3 Å². The van der Waals surface area contributed by atoms with E-state index in [4.69, 9.17) is 11.6 Å². The molecule has 0 amide bonds. The fourth-order valence-electron chi connectivity index (χ4n) is 0.923. The summed E-state index contributed by atoms with van der Waals surface area (Å²) < 4.78 is 0. The van der Waals surface area contributed by atoms with Gasteiger partial charge in [-0.15, -0.1) is 0 Å². The lowest BCUT2D eigenvalue weighted by atomic mass is 9.96. The molecule has 0 spiro atoms. The Labute approximate surface area is 89.1 Å². The molecule has 1 heterocycles. The Balaban J connectivity index is 3.07. The average Bonchev–Trinajstić information content (AvgIpc) is 2.02. The zero-order valence-corrected chi connectivity index (χ0v) is 9.68. The van der Waals surface area contributed by atoms with Crippen LogP contribution in [0.2, 0.25) is 5.28 Å². The molecule has 78 valence electrons. The summed E-state index contributed by atoms with van der Waals surface area (Å²) in [6, 6.07) is 0. The van der Waals surface area contributed by atoms with E-state index in [0.717, 1.165) is 6.54 Å². The second kappa shape index (κ2) is 4.09. The molecular formula is C9H15ClN4. The number of hydrogen-bond donors (Lipinski definition) is 1. The van der Waals surface area contributed by atoms with E-state index in [9.17, 15) is 0 Å². The quantitative estimate of drug-likeness (QED) is 0.821. The molecule has 0 atom stereocenters. The van der Waals surface area contributed by atoms with Crippen LogP contribution in [0.15, 0.2) is 0 Å². The van der Waals surface area contributed by atoms with Gasteiger partial charge in [0.05, 0.1) is 0 Å². The van der Waals surface area contributed by atoms with Gasteiger partial charge < -0.3 is 5.32 Å². The maximum Gasteiger partial charge on any atom is 0.227 e. The first-order valence-electron chi connectivity index (χ1n) is 4.59. The van der Waals surface area contributed by atoms with Gasteiger partial charge in [0.1, 0.15) is 5.82 Å². The molecule has 1 aromatic heterocycles. The van der Waals surface area contributed by atoms with Gasteiger partial charge >= 0.3 is 0 Å². The highest BCUT2D eigenvalue weighted by Crippen LogP contribution is 2.20. The Morgan fingerprint density at radius 1 is 1.21 bits per heavy atom. The van der Waals surface area contributed by atoms with E-state index in [1.165, 1.54) is 0 Å². The predicted octanol–water partition coefficient (Wildman–Crippen LogP) is 2.25. The minimum Gasteiger partial charge on any atom is -0.354 e. The van der Waals surface area contributed by atoms with E-state index >= 15 is 0 Å². The maximum absolute atomic E-state index is 5.79. The van der Waals surface area contributed by atoms with Crippen LogP contribution < -0.4 is 5.32 Å². The molecule has 0 saturated heterocycles. The molecule has 14 heavy (non-hydrogen) atoms. The summed E-state index contributed by atoms with van der Waals surface area (Å²) in [5, 5.41) is 3.25. The molecule has 0 aliphatic heterocycles. The van der Waals surface area contributed by atoms with Gasteiger partial charge in [-0.05, 0) is 18.5 Å². The van der Waals surface area contributed by atoms with Gasteiger partial charge in [0.2, 0.25) is 11.2 Å². The van der Waals surface area contributed by atoms with Crippen molar-refractivity contribution in [1.82, 2.24) is 15.0 Å². The van der Waals surface area contributed by atoms with Crippen LogP contribution in [-0.2, 0) is 5.41 Å². The van der Waals surface area contributed by atoms with E-state index in [-0.39, 0.29) is 10.7 Å². The highest BCUT2D eigenvalue weighted by Gasteiger charge is 2.19. The Morgan fingerprint density at radius 2 is 1.86 bits per heavy atom. The summed E-state index contributed by atoms with van der Waals surface area (Å²) in [6.45, 7) is 8.86. The molecule has 1 rings (SSSR count). The van der Waals surface area contributed by atoms with Crippen molar-refractivity contribution in [2.75, 3.05) is 11.9 Å². The lowest BCUT2D eigenvalue weighted by molar-refractivity contribution is 0.542. The normalized spacial score (nSPS) is 11.5. The summed E-state index contributed by atoms with van der Waals surface area (Å²) in [5.41, 5.74) is -0.114. The van der Waals surface area contributed by atoms with Gasteiger partial charge in [-0.1, -0.05) is 20.8 Å². The van der Waals surface area contributed by atoms with Crippen LogP contribution in [0.5, 0.6) is 0 Å². The molecule has 1 N–H and O–H groups in total. The average molecular weight is 215 g/mol. The fourth-order valence-corrected chi connectivity index (χ4v) is 1.08. The van der Waals surface area contributed by atoms with E-state index < -0.39 is 0 Å². The summed E-state index contributed by atoms with van der Waals surface area (Å²) in [4.78, 5) is 12.3. The van der Waals surface area contributed by atoms with Gasteiger partial charge in [0.15, 0.2) is 0 Å². The van der Waals surface area contributed by atoms with Crippen molar-refractivity contribution < 1.29 is 0 Å². The molecule has 0 saturated carbocycles. The molecule has 0 aliphatic rings. The van der Waals surface area contributed by atoms with Gasteiger partial charge in [0, 0.05) is 12.0 Å². The second-order valence-corrected chi connectivity index (χ2v) is 4.37. The topological polar surface area (TPSA) is 50.7 Å². The monoisotopic (exact) mass is 214 g/mol. The molecule has 0 aromatic carbocycles. The van der Waals surface area contributed by atoms with E-state index in [0.29, 0.717) is 11.8 Å². The first-order chi connectivity index (χ1) is 6.43. The highest BCUT2D eigenvalue weighted by molar-refractivity contribution is 6.28. The Kier molecular flexibility index (Phi) is 3.26. The Hall–Kier alpha value is -0.900. The fraction of sp³-hybridized carbons (Fsp3) is 0.667. The molecule has 0 radical (unpaired) electrons. The molecule has 0 bridgehead atoms. The van der Waals surface area contributed by atoms with Crippen LogP contribution >= 0.6 is 11.6 Å². The number of nitrogens with one attached hydrogen (secondary N) is 1. The highest BCUT2D eigenvalue weighted by atomic mass is 35.5. The van der Waals surface area contributed by atoms with Crippen molar-refractivity contribution in [1.29, 1.82) is 0 Å². The maximum atomic E-state index is 5.79. The molecule has 0 aliphatic carbocycles.